The highest BCUT2D eigenvalue weighted by Crippen LogP contribution is 2.29. The van der Waals surface area contributed by atoms with Gasteiger partial charge in [0.05, 0.1) is 29.7 Å². The zero-order chi connectivity index (χ0) is 23.2. The summed E-state index contributed by atoms with van der Waals surface area (Å²) in [7, 11) is 1.55. The van der Waals surface area contributed by atoms with Gasteiger partial charge in [0.1, 0.15) is 5.75 Å². The molecule has 1 unspecified atom stereocenters. The van der Waals surface area contributed by atoms with Crippen molar-refractivity contribution in [3.8, 4) is 5.75 Å². The number of hydrogen-bond acceptors (Lipinski definition) is 4. The van der Waals surface area contributed by atoms with Crippen LogP contribution in [-0.2, 0) is 13.1 Å². The second-order valence-corrected chi connectivity index (χ2v) is 7.91. The summed E-state index contributed by atoms with van der Waals surface area (Å²) < 4.78 is 10.4. The molecule has 0 aliphatic rings. The molecule has 166 valence electrons. The van der Waals surface area contributed by atoms with Crippen molar-refractivity contribution in [2.24, 2.45) is 0 Å². The number of methoxy groups -OCH3 is 1. The molecule has 2 aromatic carbocycles. The predicted octanol–water partition coefficient (Wildman–Crippen LogP) is 3.92. The van der Waals surface area contributed by atoms with Crippen LogP contribution in [0.2, 0.25) is 0 Å². The summed E-state index contributed by atoms with van der Waals surface area (Å²) in [6, 6.07) is 11.7. The standard InChI is InChI=1S/C25H27N3O4/c1-6-26-19-12-11-17(14-20(19)27(7-2)25(26)31)24(30)16(4)28-22(29)13-15(3)18-9-8-10-21(32-5)23(18)28/h8-14,16H,6-7H2,1-5H3. The third-order valence-corrected chi connectivity index (χ3v) is 6.16. The van der Waals surface area contributed by atoms with Crippen LogP contribution in [0.15, 0.2) is 52.1 Å². The Morgan fingerprint density at radius 2 is 1.69 bits per heavy atom. The molecular formula is C25H27N3O4. The smallest absolute Gasteiger partial charge is 0.329 e. The van der Waals surface area contributed by atoms with Crippen LogP contribution in [-0.4, -0.2) is 26.6 Å². The van der Waals surface area contributed by atoms with Gasteiger partial charge < -0.3 is 4.74 Å². The monoisotopic (exact) mass is 433 g/mol. The first-order chi connectivity index (χ1) is 15.3. The van der Waals surface area contributed by atoms with Crippen LogP contribution in [0.3, 0.4) is 0 Å². The van der Waals surface area contributed by atoms with Gasteiger partial charge in [0.2, 0.25) is 0 Å². The number of aryl methyl sites for hydroxylation is 3. The lowest BCUT2D eigenvalue weighted by molar-refractivity contribution is 0.0935. The van der Waals surface area contributed by atoms with Crippen molar-refractivity contribution in [3.05, 3.63) is 74.4 Å². The Hall–Kier alpha value is -3.61. The van der Waals surface area contributed by atoms with Crippen LogP contribution < -0.4 is 16.0 Å². The fourth-order valence-corrected chi connectivity index (χ4v) is 4.52. The average Bonchev–Trinajstić information content (AvgIpc) is 3.07. The van der Waals surface area contributed by atoms with Gasteiger partial charge in [-0.25, -0.2) is 4.79 Å². The van der Waals surface area contributed by atoms with Crippen molar-refractivity contribution >= 4 is 27.7 Å². The number of benzene rings is 2. The first kappa shape index (κ1) is 21.6. The summed E-state index contributed by atoms with van der Waals surface area (Å²) in [6.45, 7) is 8.48. The topological polar surface area (TPSA) is 75.2 Å². The summed E-state index contributed by atoms with van der Waals surface area (Å²) in [5.74, 6) is 0.336. The summed E-state index contributed by atoms with van der Waals surface area (Å²) in [5, 5.41) is 0.860. The molecule has 32 heavy (non-hydrogen) atoms. The molecule has 0 saturated heterocycles. The highest BCUT2D eigenvalue weighted by molar-refractivity contribution is 6.02. The number of rotatable bonds is 6. The fraction of sp³-hybridized carbons (Fsp3) is 0.320. The van der Waals surface area contributed by atoms with Crippen LogP contribution in [0.1, 0.15) is 42.7 Å². The van der Waals surface area contributed by atoms with Gasteiger partial charge in [-0.1, -0.05) is 12.1 Å². The van der Waals surface area contributed by atoms with E-state index in [0.29, 0.717) is 29.9 Å². The molecule has 2 heterocycles. The normalized spacial score (nSPS) is 12.4. The maximum atomic E-state index is 13.5. The van der Waals surface area contributed by atoms with E-state index in [0.717, 1.165) is 22.0 Å². The van der Waals surface area contributed by atoms with E-state index in [4.69, 9.17) is 4.74 Å². The summed E-state index contributed by atoms with van der Waals surface area (Å²) in [6.07, 6.45) is 0. The zero-order valence-electron chi connectivity index (χ0n) is 19.0. The van der Waals surface area contributed by atoms with E-state index in [1.807, 2.05) is 39.0 Å². The van der Waals surface area contributed by atoms with Crippen LogP contribution in [0.4, 0.5) is 0 Å². The minimum Gasteiger partial charge on any atom is -0.495 e. The van der Waals surface area contributed by atoms with Crippen molar-refractivity contribution in [3.63, 3.8) is 0 Å². The van der Waals surface area contributed by atoms with Gasteiger partial charge >= 0.3 is 5.69 Å². The molecule has 2 aromatic heterocycles. The third-order valence-electron chi connectivity index (χ3n) is 6.16. The van der Waals surface area contributed by atoms with Crippen LogP contribution in [0.5, 0.6) is 5.75 Å². The summed E-state index contributed by atoms with van der Waals surface area (Å²) in [4.78, 5) is 39.2. The lowest BCUT2D eigenvalue weighted by atomic mass is 10.0. The fourth-order valence-electron chi connectivity index (χ4n) is 4.52. The number of fused-ring (bicyclic) bond motifs is 2. The van der Waals surface area contributed by atoms with Crippen molar-refractivity contribution < 1.29 is 9.53 Å². The maximum absolute atomic E-state index is 13.5. The zero-order valence-corrected chi connectivity index (χ0v) is 19.0. The number of carbonyl (C=O) groups excluding carboxylic acids is 1. The lowest BCUT2D eigenvalue weighted by Gasteiger charge is -2.20. The number of Topliss-reactive ketones (excluding diaryl/α,β-unsaturated/α-hetero) is 1. The number of carbonyl (C=O) groups is 1. The van der Waals surface area contributed by atoms with Gasteiger partial charge in [-0.3, -0.25) is 23.3 Å². The maximum Gasteiger partial charge on any atom is 0.329 e. The SMILES string of the molecule is CCn1c(=O)n(CC)c2cc(C(=O)C(C)n3c(=O)cc(C)c4cccc(OC)c43)ccc21. The van der Waals surface area contributed by atoms with E-state index >= 15 is 0 Å². The van der Waals surface area contributed by atoms with Gasteiger partial charge in [0.15, 0.2) is 5.78 Å². The number of ether oxygens (including phenoxy) is 1. The van der Waals surface area contributed by atoms with Gasteiger partial charge in [-0.2, -0.15) is 0 Å². The highest BCUT2D eigenvalue weighted by Gasteiger charge is 2.23. The molecule has 0 amide bonds. The molecule has 0 spiro atoms. The molecule has 7 nitrogen and oxygen atoms in total. The van der Waals surface area contributed by atoms with Gasteiger partial charge in [0, 0.05) is 30.1 Å². The Balaban J connectivity index is 1.90. The number of ketones is 1. The van der Waals surface area contributed by atoms with Gasteiger partial charge in [-0.05, 0) is 57.5 Å². The van der Waals surface area contributed by atoms with Crippen LogP contribution >= 0.6 is 0 Å². The molecule has 4 aromatic rings. The molecular weight excluding hydrogens is 406 g/mol. The van der Waals surface area contributed by atoms with Crippen molar-refractivity contribution in [2.75, 3.05) is 7.11 Å². The van der Waals surface area contributed by atoms with E-state index in [2.05, 4.69) is 0 Å². The van der Waals surface area contributed by atoms with E-state index < -0.39 is 6.04 Å². The Labute approximate surface area is 185 Å². The Bertz CT molecular complexity index is 1470. The second-order valence-electron chi connectivity index (χ2n) is 7.91. The molecule has 0 radical (unpaired) electrons. The molecule has 0 fully saturated rings. The van der Waals surface area contributed by atoms with Crippen molar-refractivity contribution in [1.82, 2.24) is 13.7 Å². The van der Waals surface area contributed by atoms with Crippen LogP contribution in [0, 0.1) is 6.92 Å². The van der Waals surface area contributed by atoms with Crippen LogP contribution in [0.25, 0.3) is 21.9 Å². The largest absolute Gasteiger partial charge is 0.495 e. The Morgan fingerprint density at radius 1 is 1.00 bits per heavy atom. The minimum atomic E-state index is -0.755. The number of pyridine rings is 1. The minimum absolute atomic E-state index is 0.0897. The quantitative estimate of drug-likeness (QED) is 0.432. The molecule has 0 aliphatic heterocycles. The molecule has 1 atom stereocenters. The number of nitrogens with zero attached hydrogens (tertiary/aromatic N) is 3. The van der Waals surface area contributed by atoms with Gasteiger partial charge in [0.25, 0.3) is 5.56 Å². The Morgan fingerprint density at radius 3 is 2.34 bits per heavy atom. The van der Waals surface area contributed by atoms with E-state index in [9.17, 15) is 14.4 Å². The van der Waals surface area contributed by atoms with E-state index in [1.165, 1.54) is 4.57 Å². The number of hydrogen-bond donors (Lipinski definition) is 0. The number of imidazole rings is 1. The first-order valence-electron chi connectivity index (χ1n) is 10.8. The summed E-state index contributed by atoms with van der Waals surface area (Å²) in [5.41, 5.74) is 3.05. The molecule has 0 N–H and O–H groups in total. The summed E-state index contributed by atoms with van der Waals surface area (Å²) >= 11 is 0. The predicted molar refractivity (Wildman–Crippen MR) is 126 cm³/mol. The molecule has 7 heteroatoms. The lowest BCUT2D eigenvalue weighted by Crippen LogP contribution is -2.29. The van der Waals surface area contributed by atoms with Crippen molar-refractivity contribution in [1.29, 1.82) is 0 Å². The number of para-hydroxylation sites is 1. The first-order valence-corrected chi connectivity index (χ1v) is 10.8. The third kappa shape index (κ3) is 3.16. The van der Waals surface area contributed by atoms with Gasteiger partial charge in [-0.15, -0.1) is 0 Å². The number of aromatic nitrogens is 3. The van der Waals surface area contributed by atoms with E-state index in [-0.39, 0.29) is 17.0 Å². The molecule has 4 rings (SSSR count). The molecule has 0 aliphatic carbocycles. The average molecular weight is 434 g/mol. The van der Waals surface area contributed by atoms with Crippen molar-refractivity contribution in [2.45, 2.75) is 46.8 Å². The molecule has 0 bridgehead atoms. The highest BCUT2D eigenvalue weighted by atomic mass is 16.5. The Kier molecular flexibility index (Phi) is 5.50. The van der Waals surface area contributed by atoms with E-state index in [1.54, 1.807) is 47.4 Å². The second kappa shape index (κ2) is 8.15. The molecule has 0 saturated carbocycles.